The van der Waals surface area contributed by atoms with Crippen LogP contribution in [-0.4, -0.2) is 47.4 Å². The second kappa shape index (κ2) is 62.9. The van der Waals surface area contributed by atoms with Gasteiger partial charge in [-0.25, -0.2) is 0 Å². The first kappa shape index (κ1) is 71.3. The van der Waals surface area contributed by atoms with Crippen molar-refractivity contribution < 1.29 is 24.5 Å². The average molecular weight is 1030 g/mol. The minimum Gasteiger partial charge on any atom is -0.466 e. The Morgan fingerprint density at radius 1 is 0.384 bits per heavy atom. The van der Waals surface area contributed by atoms with E-state index in [4.69, 9.17) is 4.74 Å². The van der Waals surface area contributed by atoms with Gasteiger partial charge in [-0.3, -0.25) is 9.59 Å². The van der Waals surface area contributed by atoms with E-state index in [2.05, 4.69) is 43.5 Å². The molecule has 0 saturated heterocycles. The zero-order chi connectivity index (χ0) is 52.9. The molecule has 0 saturated carbocycles. The van der Waals surface area contributed by atoms with Gasteiger partial charge in [0.2, 0.25) is 5.91 Å². The Hall–Kier alpha value is -1.66. The van der Waals surface area contributed by atoms with E-state index in [1.54, 1.807) is 0 Å². The summed E-state index contributed by atoms with van der Waals surface area (Å²) in [5.41, 5.74) is 0. The molecular formula is C67H129NO5. The molecule has 0 rings (SSSR count). The lowest BCUT2D eigenvalue weighted by Crippen LogP contribution is -2.45. The third kappa shape index (κ3) is 59.4. The predicted molar refractivity (Wildman–Crippen MR) is 320 cm³/mol. The lowest BCUT2D eigenvalue weighted by atomic mass is 10.0. The van der Waals surface area contributed by atoms with Crippen LogP contribution in [0.25, 0.3) is 0 Å². The quantitative estimate of drug-likeness (QED) is 0.0320. The molecule has 0 aliphatic rings. The fraction of sp³-hybridized carbons (Fsp3) is 0.910. The number of nitrogens with one attached hydrogen (secondary N) is 1. The van der Waals surface area contributed by atoms with Gasteiger partial charge in [-0.1, -0.05) is 321 Å². The van der Waals surface area contributed by atoms with Gasteiger partial charge in [0.15, 0.2) is 0 Å². The number of unbranched alkanes of at least 4 members (excludes halogenated alkanes) is 47. The lowest BCUT2D eigenvalue weighted by molar-refractivity contribution is -0.143. The maximum absolute atomic E-state index is 12.5. The minimum absolute atomic E-state index is 0.0125. The highest BCUT2D eigenvalue weighted by atomic mass is 16.5. The molecule has 0 aromatic rings. The van der Waals surface area contributed by atoms with Crippen molar-refractivity contribution >= 4 is 11.9 Å². The van der Waals surface area contributed by atoms with Crippen molar-refractivity contribution in [3.05, 3.63) is 24.3 Å². The van der Waals surface area contributed by atoms with Gasteiger partial charge in [0.1, 0.15) is 0 Å². The summed E-state index contributed by atoms with van der Waals surface area (Å²) in [6, 6.07) is -0.546. The Labute approximate surface area is 456 Å². The van der Waals surface area contributed by atoms with E-state index >= 15 is 0 Å². The van der Waals surface area contributed by atoms with Crippen molar-refractivity contribution in [2.45, 2.75) is 379 Å². The number of hydrogen-bond acceptors (Lipinski definition) is 5. The van der Waals surface area contributed by atoms with Crippen LogP contribution in [0.1, 0.15) is 367 Å². The fourth-order valence-electron chi connectivity index (χ4n) is 10.4. The molecule has 6 heteroatoms. The molecule has 0 aromatic heterocycles. The van der Waals surface area contributed by atoms with Crippen LogP contribution in [-0.2, 0) is 14.3 Å². The summed E-state index contributed by atoms with van der Waals surface area (Å²) in [4.78, 5) is 24.6. The largest absolute Gasteiger partial charge is 0.466 e. The second-order valence-corrected chi connectivity index (χ2v) is 22.8. The van der Waals surface area contributed by atoms with Gasteiger partial charge in [-0.15, -0.1) is 0 Å². The number of ether oxygens (including phenoxy) is 1. The molecule has 0 radical (unpaired) electrons. The Balaban J connectivity index is 3.42. The standard InChI is InChI=1S/C67H129NO5/c1-3-5-7-9-11-13-15-17-19-32-35-39-43-47-51-55-59-65(70)64(63-69)68-66(71)60-56-52-48-44-40-36-33-29-27-25-23-21-20-22-24-26-28-30-34-38-42-46-50-54-58-62-73-67(72)61-57-53-49-45-41-37-31-18-16-14-12-10-8-6-4-2/h21-24,64-65,69-70H,3-20,25-63H2,1-2H3,(H,68,71)/b23-21-,24-22-. The van der Waals surface area contributed by atoms with Crippen LogP contribution in [0, 0.1) is 0 Å². The molecule has 0 heterocycles. The Kier molecular flexibility index (Phi) is 61.4. The van der Waals surface area contributed by atoms with Gasteiger partial charge in [-0.2, -0.15) is 0 Å². The maximum atomic E-state index is 12.5. The van der Waals surface area contributed by atoms with Crippen molar-refractivity contribution in [3.63, 3.8) is 0 Å². The topological polar surface area (TPSA) is 95.9 Å². The lowest BCUT2D eigenvalue weighted by Gasteiger charge is -2.22. The van der Waals surface area contributed by atoms with E-state index in [0.29, 0.717) is 25.9 Å². The smallest absolute Gasteiger partial charge is 0.305 e. The molecular weight excluding hydrogens is 899 g/mol. The van der Waals surface area contributed by atoms with Gasteiger partial charge in [0.25, 0.3) is 0 Å². The average Bonchev–Trinajstić information content (AvgIpc) is 3.39. The first-order chi connectivity index (χ1) is 36.0. The molecule has 2 atom stereocenters. The SMILES string of the molecule is CCCCCCCCCCCCCCCCCCC(O)C(CO)NC(=O)CCCCCCCCCCC/C=C\C/C=C\CCCCCCCCCCCOC(=O)CCCCCCCCCCCCCCCCC. The number of rotatable bonds is 62. The van der Waals surface area contributed by atoms with E-state index < -0.39 is 12.1 Å². The van der Waals surface area contributed by atoms with Crippen LogP contribution in [0.2, 0.25) is 0 Å². The highest BCUT2D eigenvalue weighted by molar-refractivity contribution is 5.76. The van der Waals surface area contributed by atoms with E-state index in [9.17, 15) is 19.8 Å². The van der Waals surface area contributed by atoms with Gasteiger partial charge in [0, 0.05) is 12.8 Å². The summed E-state index contributed by atoms with van der Waals surface area (Å²) >= 11 is 0. The van der Waals surface area contributed by atoms with Crippen LogP contribution in [0.5, 0.6) is 0 Å². The number of allylic oxidation sites excluding steroid dienone is 4. The third-order valence-corrected chi connectivity index (χ3v) is 15.5. The molecule has 0 aliphatic carbocycles. The zero-order valence-corrected chi connectivity index (χ0v) is 49.4. The van der Waals surface area contributed by atoms with Crippen LogP contribution >= 0.6 is 0 Å². The molecule has 0 fully saturated rings. The fourth-order valence-corrected chi connectivity index (χ4v) is 10.4. The molecule has 0 aliphatic heterocycles. The normalized spacial score (nSPS) is 12.7. The number of carbonyl (C=O) groups is 2. The Morgan fingerprint density at radius 2 is 0.685 bits per heavy atom. The van der Waals surface area contributed by atoms with Crippen LogP contribution < -0.4 is 5.32 Å². The van der Waals surface area contributed by atoms with E-state index in [0.717, 1.165) is 44.9 Å². The summed E-state index contributed by atoms with van der Waals surface area (Å²) in [5.74, 6) is -0.0260. The number of esters is 1. The highest BCUT2D eigenvalue weighted by Crippen LogP contribution is 2.18. The van der Waals surface area contributed by atoms with E-state index in [-0.39, 0.29) is 18.5 Å². The van der Waals surface area contributed by atoms with Crippen molar-refractivity contribution in [2.75, 3.05) is 13.2 Å². The van der Waals surface area contributed by atoms with Crippen LogP contribution in [0.15, 0.2) is 24.3 Å². The van der Waals surface area contributed by atoms with Crippen LogP contribution in [0.3, 0.4) is 0 Å². The zero-order valence-electron chi connectivity index (χ0n) is 49.4. The van der Waals surface area contributed by atoms with Crippen LogP contribution in [0.4, 0.5) is 0 Å². The first-order valence-electron chi connectivity index (χ1n) is 33.1. The maximum Gasteiger partial charge on any atom is 0.305 e. The van der Waals surface area contributed by atoms with Gasteiger partial charge in [0.05, 0.1) is 25.4 Å². The number of carbonyl (C=O) groups excluding carboxylic acids is 2. The van der Waals surface area contributed by atoms with Gasteiger partial charge >= 0.3 is 5.97 Å². The number of aliphatic hydroxyl groups excluding tert-OH is 2. The van der Waals surface area contributed by atoms with Gasteiger partial charge < -0.3 is 20.3 Å². The summed E-state index contributed by atoms with van der Waals surface area (Å²) < 4.78 is 5.49. The molecule has 2 unspecified atom stereocenters. The molecule has 0 bridgehead atoms. The van der Waals surface area contributed by atoms with E-state index in [1.165, 1.54) is 289 Å². The number of hydrogen-bond donors (Lipinski definition) is 3. The summed E-state index contributed by atoms with van der Waals surface area (Å²) in [7, 11) is 0. The molecule has 3 N–H and O–H groups in total. The minimum atomic E-state index is -0.668. The van der Waals surface area contributed by atoms with E-state index in [1.807, 2.05) is 0 Å². The molecule has 0 aromatic carbocycles. The number of aliphatic hydroxyl groups is 2. The van der Waals surface area contributed by atoms with Crippen molar-refractivity contribution in [1.29, 1.82) is 0 Å². The second-order valence-electron chi connectivity index (χ2n) is 22.8. The Bertz CT molecular complexity index is 1140. The molecule has 6 nitrogen and oxygen atoms in total. The van der Waals surface area contributed by atoms with Crippen molar-refractivity contribution in [1.82, 2.24) is 5.32 Å². The first-order valence-corrected chi connectivity index (χ1v) is 33.1. The molecule has 432 valence electrons. The number of amides is 1. The summed E-state index contributed by atoms with van der Waals surface area (Å²) in [6.07, 6.45) is 77.7. The highest BCUT2D eigenvalue weighted by Gasteiger charge is 2.20. The molecule has 0 spiro atoms. The van der Waals surface area contributed by atoms with Crippen molar-refractivity contribution in [3.8, 4) is 0 Å². The molecule has 1 amide bonds. The molecule has 73 heavy (non-hydrogen) atoms. The monoisotopic (exact) mass is 1030 g/mol. The Morgan fingerprint density at radius 3 is 1.04 bits per heavy atom. The van der Waals surface area contributed by atoms with Gasteiger partial charge in [-0.05, 0) is 57.8 Å². The summed E-state index contributed by atoms with van der Waals surface area (Å²) in [5, 5.41) is 23.3. The van der Waals surface area contributed by atoms with Crippen molar-refractivity contribution in [2.24, 2.45) is 0 Å². The predicted octanol–water partition coefficient (Wildman–Crippen LogP) is 21.0. The summed E-state index contributed by atoms with van der Waals surface area (Å²) in [6.45, 7) is 4.98. The third-order valence-electron chi connectivity index (χ3n) is 15.5.